The lowest BCUT2D eigenvalue weighted by molar-refractivity contribution is 0.0128. The third-order valence-electron chi connectivity index (χ3n) is 3.02. The first kappa shape index (κ1) is 19.7. The van der Waals surface area contributed by atoms with E-state index in [9.17, 15) is 19.8 Å². The number of carboxylic acid groups (broad SMARTS) is 1. The summed E-state index contributed by atoms with van der Waals surface area (Å²) in [5.41, 5.74) is -0.474. The van der Waals surface area contributed by atoms with Gasteiger partial charge in [0.15, 0.2) is 0 Å². The molecule has 24 heavy (non-hydrogen) atoms. The molecule has 0 bridgehead atoms. The van der Waals surface area contributed by atoms with Gasteiger partial charge in [-0.25, -0.2) is 9.59 Å². The van der Waals surface area contributed by atoms with E-state index in [0.29, 0.717) is 0 Å². The van der Waals surface area contributed by atoms with Gasteiger partial charge >= 0.3 is 12.1 Å². The van der Waals surface area contributed by atoms with Crippen LogP contribution in [0.1, 0.15) is 42.8 Å². The molecule has 0 aromatic heterocycles. The molecule has 8 nitrogen and oxygen atoms in total. The van der Waals surface area contributed by atoms with Crippen LogP contribution in [0.5, 0.6) is 5.75 Å². The SMILES string of the molecule is COc1cc(C(O)C(O)CNC(=O)OC(C)(C)C)ccc1C(=O)O. The van der Waals surface area contributed by atoms with Crippen LogP contribution in [0.15, 0.2) is 18.2 Å². The Bertz CT molecular complexity index is 595. The van der Waals surface area contributed by atoms with Crippen LogP contribution < -0.4 is 10.1 Å². The summed E-state index contributed by atoms with van der Waals surface area (Å²) in [6, 6.07) is 3.96. The third kappa shape index (κ3) is 5.71. The van der Waals surface area contributed by atoms with Crippen molar-refractivity contribution >= 4 is 12.1 Å². The number of hydrogen-bond donors (Lipinski definition) is 4. The van der Waals surface area contributed by atoms with Crippen LogP contribution >= 0.6 is 0 Å². The van der Waals surface area contributed by atoms with E-state index in [1.54, 1.807) is 20.8 Å². The average molecular weight is 341 g/mol. The number of alkyl carbamates (subject to hydrolysis) is 1. The Morgan fingerprint density at radius 3 is 2.38 bits per heavy atom. The zero-order valence-corrected chi connectivity index (χ0v) is 14.1. The molecule has 0 heterocycles. The number of nitrogens with one attached hydrogen (secondary N) is 1. The maximum atomic E-state index is 11.5. The Morgan fingerprint density at radius 2 is 1.88 bits per heavy atom. The van der Waals surface area contributed by atoms with Crippen molar-refractivity contribution in [1.82, 2.24) is 5.32 Å². The van der Waals surface area contributed by atoms with Gasteiger partial charge in [0.05, 0.1) is 7.11 Å². The largest absolute Gasteiger partial charge is 0.496 e. The lowest BCUT2D eigenvalue weighted by Crippen LogP contribution is -2.38. The van der Waals surface area contributed by atoms with Gasteiger partial charge in [0, 0.05) is 6.54 Å². The molecule has 0 aliphatic carbocycles. The number of hydrogen-bond acceptors (Lipinski definition) is 6. The highest BCUT2D eigenvalue weighted by molar-refractivity contribution is 5.91. The van der Waals surface area contributed by atoms with Crippen LogP contribution in [0, 0.1) is 0 Å². The number of rotatable bonds is 6. The van der Waals surface area contributed by atoms with Crippen LogP contribution in [-0.2, 0) is 4.74 Å². The van der Waals surface area contributed by atoms with Crippen LogP contribution in [0.25, 0.3) is 0 Å². The number of aliphatic hydroxyl groups is 2. The minimum absolute atomic E-state index is 0.0604. The Balaban J connectivity index is 2.74. The fourth-order valence-corrected chi connectivity index (χ4v) is 1.90. The molecule has 0 saturated carbocycles. The van der Waals surface area contributed by atoms with Gasteiger partial charge in [0.25, 0.3) is 0 Å². The maximum absolute atomic E-state index is 11.5. The van der Waals surface area contributed by atoms with Crippen LogP contribution in [0.3, 0.4) is 0 Å². The van der Waals surface area contributed by atoms with Crippen molar-refractivity contribution in [2.24, 2.45) is 0 Å². The van der Waals surface area contributed by atoms with Gasteiger partial charge < -0.3 is 30.1 Å². The highest BCUT2D eigenvalue weighted by atomic mass is 16.6. The van der Waals surface area contributed by atoms with E-state index in [2.05, 4.69) is 5.32 Å². The number of methoxy groups -OCH3 is 1. The molecule has 8 heteroatoms. The summed E-state index contributed by atoms with van der Waals surface area (Å²) in [7, 11) is 1.30. The molecular formula is C16H23NO7. The molecule has 0 fully saturated rings. The topological polar surface area (TPSA) is 125 Å². The molecule has 1 amide bonds. The third-order valence-corrected chi connectivity index (χ3v) is 3.02. The second-order valence-electron chi connectivity index (χ2n) is 6.16. The van der Waals surface area contributed by atoms with E-state index in [1.807, 2.05) is 0 Å². The zero-order chi connectivity index (χ0) is 18.5. The summed E-state index contributed by atoms with van der Waals surface area (Å²) < 4.78 is 9.99. The monoisotopic (exact) mass is 341 g/mol. The van der Waals surface area contributed by atoms with Gasteiger partial charge in [-0.05, 0) is 38.5 Å². The van der Waals surface area contributed by atoms with Crippen LogP contribution in [0.2, 0.25) is 0 Å². The maximum Gasteiger partial charge on any atom is 0.407 e. The fourth-order valence-electron chi connectivity index (χ4n) is 1.90. The lowest BCUT2D eigenvalue weighted by Gasteiger charge is -2.22. The normalized spacial score (nSPS) is 13.8. The molecular weight excluding hydrogens is 318 g/mol. The summed E-state index contributed by atoms with van der Waals surface area (Å²) in [5, 5.41) is 31.5. The predicted molar refractivity (Wildman–Crippen MR) is 85.2 cm³/mol. The highest BCUT2D eigenvalue weighted by Crippen LogP contribution is 2.25. The number of carbonyl (C=O) groups excluding carboxylic acids is 1. The van der Waals surface area contributed by atoms with Gasteiger partial charge in [-0.3, -0.25) is 0 Å². The Morgan fingerprint density at radius 1 is 1.25 bits per heavy atom. The minimum Gasteiger partial charge on any atom is -0.496 e. The first-order chi connectivity index (χ1) is 11.0. The van der Waals surface area contributed by atoms with Gasteiger partial charge in [-0.2, -0.15) is 0 Å². The van der Waals surface area contributed by atoms with E-state index in [-0.39, 0.29) is 23.4 Å². The molecule has 4 N–H and O–H groups in total. The Labute approximate surface area is 140 Å². The fraction of sp³-hybridized carbons (Fsp3) is 0.500. The number of amides is 1. The van der Waals surface area contributed by atoms with E-state index >= 15 is 0 Å². The summed E-state index contributed by atoms with van der Waals surface area (Å²) in [5.74, 6) is -1.11. The summed E-state index contributed by atoms with van der Waals surface area (Å²) in [4.78, 5) is 22.6. The number of benzene rings is 1. The number of ether oxygens (including phenoxy) is 2. The van der Waals surface area contributed by atoms with Crippen molar-refractivity contribution in [3.63, 3.8) is 0 Å². The number of aliphatic hydroxyl groups excluding tert-OH is 2. The zero-order valence-electron chi connectivity index (χ0n) is 14.1. The van der Waals surface area contributed by atoms with Crippen molar-refractivity contribution in [1.29, 1.82) is 0 Å². The van der Waals surface area contributed by atoms with Crippen LogP contribution in [0.4, 0.5) is 4.79 Å². The first-order valence-corrected chi connectivity index (χ1v) is 7.29. The van der Waals surface area contributed by atoms with Crippen molar-refractivity contribution in [2.75, 3.05) is 13.7 Å². The second kappa shape index (κ2) is 7.98. The lowest BCUT2D eigenvalue weighted by atomic mass is 10.0. The molecule has 1 aromatic carbocycles. The smallest absolute Gasteiger partial charge is 0.407 e. The molecule has 0 spiro atoms. The standard InChI is InChI=1S/C16H23NO7/c1-16(2,3)24-15(22)17-8-11(18)13(19)9-5-6-10(14(20)21)12(7-9)23-4/h5-7,11,13,18-19H,8H2,1-4H3,(H,17,22)(H,20,21). The van der Waals surface area contributed by atoms with Gasteiger partial charge in [-0.1, -0.05) is 6.07 Å². The van der Waals surface area contributed by atoms with Gasteiger partial charge in [-0.15, -0.1) is 0 Å². The average Bonchev–Trinajstić information content (AvgIpc) is 2.49. The van der Waals surface area contributed by atoms with Crippen molar-refractivity contribution in [3.05, 3.63) is 29.3 Å². The van der Waals surface area contributed by atoms with Crippen molar-refractivity contribution < 1.29 is 34.4 Å². The van der Waals surface area contributed by atoms with Gasteiger partial charge in [0.2, 0.25) is 0 Å². The predicted octanol–water partition coefficient (Wildman–Crippen LogP) is 1.31. The quantitative estimate of drug-likeness (QED) is 0.615. The van der Waals surface area contributed by atoms with E-state index in [4.69, 9.17) is 14.6 Å². The van der Waals surface area contributed by atoms with Crippen molar-refractivity contribution in [2.45, 2.75) is 38.6 Å². The summed E-state index contributed by atoms with van der Waals surface area (Å²) >= 11 is 0. The number of aromatic carboxylic acids is 1. The molecule has 2 unspecified atom stereocenters. The Kier molecular flexibility index (Phi) is 6.56. The Hall–Kier alpha value is -2.32. The summed E-state index contributed by atoms with van der Waals surface area (Å²) in [6.07, 6.45) is -3.36. The molecule has 134 valence electrons. The molecule has 1 aromatic rings. The molecule has 0 aliphatic rings. The number of carboxylic acids is 1. The molecule has 1 rings (SSSR count). The van der Waals surface area contributed by atoms with E-state index < -0.39 is 29.9 Å². The van der Waals surface area contributed by atoms with Gasteiger partial charge in [0.1, 0.15) is 29.1 Å². The van der Waals surface area contributed by atoms with Crippen molar-refractivity contribution in [3.8, 4) is 5.75 Å². The van der Waals surface area contributed by atoms with Crippen LogP contribution in [-0.4, -0.2) is 52.7 Å². The van der Waals surface area contributed by atoms with E-state index in [0.717, 1.165) is 0 Å². The first-order valence-electron chi connectivity index (χ1n) is 7.29. The second-order valence-corrected chi connectivity index (χ2v) is 6.16. The molecule has 0 saturated heterocycles. The minimum atomic E-state index is -1.34. The van der Waals surface area contributed by atoms with E-state index in [1.165, 1.54) is 25.3 Å². The molecule has 0 aliphatic heterocycles. The molecule has 2 atom stereocenters. The molecule has 0 radical (unpaired) electrons. The summed E-state index contributed by atoms with van der Waals surface area (Å²) in [6.45, 7) is 4.87. The highest BCUT2D eigenvalue weighted by Gasteiger charge is 2.23. The number of carbonyl (C=O) groups is 2.